The first-order chi connectivity index (χ1) is 12.6. The summed E-state index contributed by atoms with van der Waals surface area (Å²) in [6.45, 7) is 2.84. The SMILES string of the molecule is COc1cc(CNn2nnnc2N)cc(Cl)c1OCc1cccc(C)c1. The van der Waals surface area contributed by atoms with Gasteiger partial charge in [0, 0.05) is 0 Å². The predicted molar refractivity (Wildman–Crippen MR) is 98.8 cm³/mol. The molecule has 0 aliphatic heterocycles. The molecule has 0 saturated heterocycles. The number of aromatic nitrogens is 4. The summed E-state index contributed by atoms with van der Waals surface area (Å²) in [5.41, 5.74) is 11.7. The predicted octanol–water partition coefficient (Wildman–Crippen LogP) is 2.55. The van der Waals surface area contributed by atoms with E-state index in [0.29, 0.717) is 29.7 Å². The largest absolute Gasteiger partial charge is 0.493 e. The van der Waals surface area contributed by atoms with Crippen molar-refractivity contribution in [2.45, 2.75) is 20.1 Å². The fraction of sp³-hybridized carbons (Fsp3) is 0.235. The maximum atomic E-state index is 6.40. The van der Waals surface area contributed by atoms with Crippen molar-refractivity contribution >= 4 is 17.5 Å². The monoisotopic (exact) mass is 374 g/mol. The van der Waals surface area contributed by atoms with Crippen LogP contribution >= 0.6 is 11.6 Å². The van der Waals surface area contributed by atoms with Crippen LogP contribution in [-0.2, 0) is 13.2 Å². The van der Waals surface area contributed by atoms with E-state index >= 15 is 0 Å². The standard InChI is InChI=1S/C17H19ClN6O2/c1-11-4-3-5-12(6-11)10-26-16-14(18)7-13(8-15(16)25-2)9-20-24-17(19)21-22-23-24/h3-8,20H,9-10H2,1-2H3,(H2,19,21,23). The molecule has 0 fully saturated rings. The number of tetrazole rings is 1. The number of rotatable bonds is 7. The Balaban J connectivity index is 1.73. The zero-order valence-electron chi connectivity index (χ0n) is 14.4. The second-order valence-corrected chi connectivity index (χ2v) is 6.08. The summed E-state index contributed by atoms with van der Waals surface area (Å²) in [7, 11) is 1.57. The van der Waals surface area contributed by atoms with Crippen LogP contribution in [0.15, 0.2) is 36.4 Å². The Hall–Kier alpha value is -3.00. The summed E-state index contributed by atoms with van der Waals surface area (Å²) < 4.78 is 11.3. The molecule has 136 valence electrons. The lowest BCUT2D eigenvalue weighted by Gasteiger charge is -2.15. The molecule has 0 atom stereocenters. The molecule has 0 spiro atoms. The fourth-order valence-corrected chi connectivity index (χ4v) is 2.73. The minimum Gasteiger partial charge on any atom is -0.493 e. The van der Waals surface area contributed by atoms with E-state index in [1.807, 2.05) is 31.2 Å². The summed E-state index contributed by atoms with van der Waals surface area (Å²) in [6, 6.07) is 11.7. The second-order valence-electron chi connectivity index (χ2n) is 5.67. The van der Waals surface area contributed by atoms with Gasteiger partial charge in [0.2, 0.25) is 0 Å². The van der Waals surface area contributed by atoms with Crippen LogP contribution in [0.4, 0.5) is 5.95 Å². The van der Waals surface area contributed by atoms with Gasteiger partial charge in [-0.1, -0.05) is 46.5 Å². The third-order valence-corrected chi connectivity index (χ3v) is 3.96. The molecule has 9 heteroatoms. The van der Waals surface area contributed by atoms with Crippen molar-refractivity contribution in [3.8, 4) is 11.5 Å². The number of nitrogens with two attached hydrogens (primary N) is 1. The van der Waals surface area contributed by atoms with Gasteiger partial charge in [-0.2, -0.15) is 0 Å². The average molecular weight is 375 g/mol. The minimum absolute atomic E-state index is 0.168. The van der Waals surface area contributed by atoms with Crippen LogP contribution < -0.4 is 20.6 Å². The summed E-state index contributed by atoms with van der Waals surface area (Å²) >= 11 is 6.40. The Labute approximate surface area is 155 Å². The van der Waals surface area contributed by atoms with Gasteiger partial charge in [0.1, 0.15) is 6.61 Å². The van der Waals surface area contributed by atoms with Gasteiger partial charge in [0.15, 0.2) is 11.5 Å². The van der Waals surface area contributed by atoms with E-state index in [-0.39, 0.29) is 5.95 Å². The lowest BCUT2D eigenvalue weighted by Crippen LogP contribution is -2.18. The van der Waals surface area contributed by atoms with Gasteiger partial charge < -0.3 is 20.6 Å². The van der Waals surface area contributed by atoms with Gasteiger partial charge in [-0.15, -0.1) is 4.79 Å². The van der Waals surface area contributed by atoms with Crippen molar-refractivity contribution in [1.82, 2.24) is 20.3 Å². The summed E-state index contributed by atoms with van der Waals surface area (Å²) in [5.74, 6) is 1.22. The molecule has 2 aromatic carbocycles. The molecular weight excluding hydrogens is 356 g/mol. The van der Waals surface area contributed by atoms with Gasteiger partial charge in [-0.3, -0.25) is 0 Å². The number of benzene rings is 2. The third-order valence-electron chi connectivity index (χ3n) is 3.68. The molecule has 1 aromatic heterocycles. The van der Waals surface area contributed by atoms with Crippen molar-refractivity contribution in [2.24, 2.45) is 0 Å². The highest BCUT2D eigenvalue weighted by Crippen LogP contribution is 2.37. The molecule has 0 radical (unpaired) electrons. The number of anilines is 1. The quantitative estimate of drug-likeness (QED) is 0.655. The number of methoxy groups -OCH3 is 1. The molecule has 0 aliphatic rings. The van der Waals surface area contributed by atoms with E-state index in [2.05, 4.69) is 27.0 Å². The topological polar surface area (TPSA) is 100 Å². The van der Waals surface area contributed by atoms with Crippen LogP contribution in [0.1, 0.15) is 16.7 Å². The number of nitrogens with zero attached hydrogens (tertiary/aromatic N) is 4. The number of hydrogen-bond acceptors (Lipinski definition) is 7. The van der Waals surface area contributed by atoms with E-state index in [4.69, 9.17) is 26.8 Å². The molecule has 0 unspecified atom stereocenters. The first kappa shape index (κ1) is 17.8. The summed E-state index contributed by atoms with van der Waals surface area (Å²) in [5, 5.41) is 11.2. The molecule has 3 N–H and O–H groups in total. The molecule has 0 saturated carbocycles. The van der Waals surface area contributed by atoms with Gasteiger partial charge in [0.05, 0.1) is 18.7 Å². The van der Waals surface area contributed by atoms with Gasteiger partial charge in [0.25, 0.3) is 5.95 Å². The van der Waals surface area contributed by atoms with Gasteiger partial charge >= 0.3 is 0 Å². The number of halogens is 1. The van der Waals surface area contributed by atoms with Crippen molar-refractivity contribution in [1.29, 1.82) is 0 Å². The van der Waals surface area contributed by atoms with Crippen LogP contribution in [0, 0.1) is 6.92 Å². The van der Waals surface area contributed by atoms with Gasteiger partial charge in [-0.05, 0) is 40.6 Å². The zero-order chi connectivity index (χ0) is 18.5. The molecule has 0 bridgehead atoms. The second kappa shape index (κ2) is 7.92. The molecule has 0 amide bonds. The molecule has 3 rings (SSSR count). The normalized spacial score (nSPS) is 10.6. The third kappa shape index (κ3) is 4.15. The zero-order valence-corrected chi connectivity index (χ0v) is 15.2. The van der Waals surface area contributed by atoms with Crippen LogP contribution in [0.2, 0.25) is 5.02 Å². The maximum absolute atomic E-state index is 6.40. The van der Waals surface area contributed by atoms with Gasteiger partial charge in [-0.25, -0.2) is 0 Å². The number of hydrogen-bond donors (Lipinski definition) is 2. The maximum Gasteiger partial charge on any atom is 0.260 e. The summed E-state index contributed by atoms with van der Waals surface area (Å²) in [6.07, 6.45) is 0. The molecule has 26 heavy (non-hydrogen) atoms. The van der Waals surface area contributed by atoms with Crippen molar-refractivity contribution in [2.75, 3.05) is 18.3 Å². The highest BCUT2D eigenvalue weighted by molar-refractivity contribution is 6.32. The first-order valence-corrected chi connectivity index (χ1v) is 8.27. The van der Waals surface area contributed by atoms with E-state index in [1.54, 1.807) is 13.2 Å². The van der Waals surface area contributed by atoms with E-state index in [1.165, 1.54) is 10.4 Å². The Morgan fingerprint density at radius 2 is 2.08 bits per heavy atom. The Kier molecular flexibility index (Phi) is 5.43. The number of aryl methyl sites for hydroxylation is 1. The van der Waals surface area contributed by atoms with Crippen molar-refractivity contribution < 1.29 is 9.47 Å². The number of nitrogens with one attached hydrogen (secondary N) is 1. The molecule has 3 aromatic rings. The number of ether oxygens (including phenoxy) is 2. The first-order valence-electron chi connectivity index (χ1n) is 7.89. The highest BCUT2D eigenvalue weighted by Gasteiger charge is 2.13. The molecule has 8 nitrogen and oxygen atoms in total. The Morgan fingerprint density at radius 3 is 2.77 bits per heavy atom. The Bertz CT molecular complexity index is 899. The summed E-state index contributed by atoms with van der Waals surface area (Å²) in [4.78, 5) is 1.28. The smallest absolute Gasteiger partial charge is 0.260 e. The van der Waals surface area contributed by atoms with E-state index in [0.717, 1.165) is 11.1 Å². The molecule has 1 heterocycles. The number of nitrogen functional groups attached to an aromatic ring is 1. The Morgan fingerprint density at radius 1 is 1.23 bits per heavy atom. The van der Waals surface area contributed by atoms with Crippen molar-refractivity contribution in [3.05, 3.63) is 58.1 Å². The van der Waals surface area contributed by atoms with Crippen LogP contribution in [-0.4, -0.2) is 27.4 Å². The lowest BCUT2D eigenvalue weighted by molar-refractivity contribution is 0.284. The van der Waals surface area contributed by atoms with Crippen molar-refractivity contribution in [3.63, 3.8) is 0 Å². The van der Waals surface area contributed by atoms with Crippen LogP contribution in [0.5, 0.6) is 11.5 Å². The minimum atomic E-state index is 0.168. The molecule has 0 aliphatic carbocycles. The van der Waals surface area contributed by atoms with Crippen LogP contribution in [0.3, 0.4) is 0 Å². The fourth-order valence-electron chi connectivity index (χ4n) is 2.45. The van der Waals surface area contributed by atoms with Crippen LogP contribution in [0.25, 0.3) is 0 Å². The van der Waals surface area contributed by atoms with E-state index < -0.39 is 0 Å². The average Bonchev–Trinajstić information content (AvgIpc) is 3.03. The highest BCUT2D eigenvalue weighted by atomic mass is 35.5. The van der Waals surface area contributed by atoms with E-state index in [9.17, 15) is 0 Å². The lowest BCUT2D eigenvalue weighted by atomic mass is 10.1. The molecular formula is C17H19ClN6O2.